The van der Waals surface area contributed by atoms with E-state index in [-0.39, 0.29) is 31.0 Å². The second-order valence-electron chi connectivity index (χ2n) is 5.88. The molecule has 6 nitrogen and oxygen atoms in total. The van der Waals surface area contributed by atoms with E-state index in [2.05, 4.69) is 5.32 Å². The highest BCUT2D eigenvalue weighted by molar-refractivity contribution is 6.10. The molecule has 3 rings (SSSR count). The third kappa shape index (κ3) is 3.28. The van der Waals surface area contributed by atoms with Crippen molar-refractivity contribution in [2.45, 2.75) is 18.9 Å². The summed E-state index contributed by atoms with van der Waals surface area (Å²) >= 11 is 0. The van der Waals surface area contributed by atoms with E-state index in [4.69, 9.17) is 4.74 Å². The first-order chi connectivity index (χ1) is 10.6. The standard InChI is InChI=1S/C16H21N3O3/c1-18(9-12-5-4-8-22-12)11-16(21)19-10-15(20)17-13-6-2-3-7-14(13)19/h2-3,6-7,12H,4-5,8-11H2,1H3,(H,17,20)/t12-/m0/s1. The monoisotopic (exact) mass is 303 g/mol. The lowest BCUT2D eigenvalue weighted by molar-refractivity contribution is -0.122. The fourth-order valence-corrected chi connectivity index (χ4v) is 2.97. The van der Waals surface area contributed by atoms with Crippen molar-refractivity contribution >= 4 is 23.2 Å². The van der Waals surface area contributed by atoms with E-state index in [1.807, 2.05) is 36.2 Å². The first kappa shape index (κ1) is 15.0. The summed E-state index contributed by atoms with van der Waals surface area (Å²) in [7, 11) is 1.91. The van der Waals surface area contributed by atoms with Crippen molar-refractivity contribution in [1.29, 1.82) is 0 Å². The van der Waals surface area contributed by atoms with Gasteiger partial charge in [-0.05, 0) is 32.0 Å². The van der Waals surface area contributed by atoms with Crippen LogP contribution in [-0.2, 0) is 14.3 Å². The molecule has 118 valence electrons. The van der Waals surface area contributed by atoms with E-state index in [0.717, 1.165) is 31.7 Å². The number of amides is 2. The van der Waals surface area contributed by atoms with Crippen LogP contribution in [-0.4, -0.2) is 56.1 Å². The third-order valence-electron chi connectivity index (χ3n) is 4.02. The number of likely N-dealkylation sites (N-methyl/N-ethyl adjacent to an activating group) is 1. The molecule has 2 aliphatic heterocycles. The fraction of sp³-hybridized carbons (Fsp3) is 0.500. The van der Waals surface area contributed by atoms with Gasteiger partial charge in [0.1, 0.15) is 6.54 Å². The maximum absolute atomic E-state index is 12.6. The summed E-state index contributed by atoms with van der Waals surface area (Å²) in [5.41, 5.74) is 1.45. The van der Waals surface area contributed by atoms with Gasteiger partial charge >= 0.3 is 0 Å². The number of para-hydroxylation sites is 2. The molecule has 1 fully saturated rings. The summed E-state index contributed by atoms with van der Waals surface area (Å²) in [5.74, 6) is -0.225. The average molecular weight is 303 g/mol. The second-order valence-corrected chi connectivity index (χ2v) is 5.88. The van der Waals surface area contributed by atoms with Crippen molar-refractivity contribution in [3.63, 3.8) is 0 Å². The van der Waals surface area contributed by atoms with E-state index >= 15 is 0 Å². The van der Waals surface area contributed by atoms with E-state index < -0.39 is 0 Å². The second kappa shape index (κ2) is 6.46. The number of hydrogen-bond donors (Lipinski definition) is 1. The SMILES string of the molecule is CN(CC(=O)N1CC(=O)Nc2ccccc21)C[C@@H]1CCCO1. The van der Waals surface area contributed by atoms with Crippen molar-refractivity contribution in [2.75, 3.05) is 43.5 Å². The van der Waals surface area contributed by atoms with Gasteiger partial charge < -0.3 is 10.1 Å². The number of nitrogens with zero attached hydrogens (tertiary/aromatic N) is 2. The molecular weight excluding hydrogens is 282 g/mol. The summed E-state index contributed by atoms with van der Waals surface area (Å²) in [6.07, 6.45) is 2.36. The van der Waals surface area contributed by atoms with Crippen LogP contribution in [0.15, 0.2) is 24.3 Å². The molecule has 0 aromatic heterocycles. The van der Waals surface area contributed by atoms with Gasteiger partial charge in [-0.15, -0.1) is 0 Å². The minimum atomic E-state index is -0.158. The maximum Gasteiger partial charge on any atom is 0.244 e. The summed E-state index contributed by atoms with van der Waals surface area (Å²) in [6.45, 7) is 1.91. The molecule has 0 unspecified atom stereocenters. The molecule has 2 heterocycles. The van der Waals surface area contributed by atoms with Crippen LogP contribution in [0, 0.1) is 0 Å². The molecule has 2 amide bonds. The molecular formula is C16H21N3O3. The molecule has 0 saturated carbocycles. The number of nitrogens with one attached hydrogen (secondary N) is 1. The number of carbonyl (C=O) groups is 2. The Labute approximate surface area is 130 Å². The molecule has 0 bridgehead atoms. The predicted molar refractivity (Wildman–Crippen MR) is 83.9 cm³/mol. The van der Waals surface area contributed by atoms with Crippen LogP contribution in [0.4, 0.5) is 11.4 Å². The van der Waals surface area contributed by atoms with Crippen LogP contribution in [0.3, 0.4) is 0 Å². The maximum atomic E-state index is 12.6. The summed E-state index contributed by atoms with van der Waals surface area (Å²) in [6, 6.07) is 7.37. The number of fused-ring (bicyclic) bond motifs is 1. The molecule has 2 aliphatic rings. The van der Waals surface area contributed by atoms with Gasteiger partial charge in [0.15, 0.2) is 0 Å². The molecule has 0 spiro atoms. The zero-order valence-electron chi connectivity index (χ0n) is 12.7. The molecule has 1 saturated heterocycles. The van der Waals surface area contributed by atoms with E-state index in [1.54, 1.807) is 4.90 Å². The zero-order chi connectivity index (χ0) is 15.5. The largest absolute Gasteiger partial charge is 0.377 e. The normalized spacial score (nSPS) is 20.9. The van der Waals surface area contributed by atoms with Gasteiger partial charge in [-0.3, -0.25) is 19.4 Å². The molecule has 1 aromatic carbocycles. The van der Waals surface area contributed by atoms with Gasteiger partial charge in [-0.2, -0.15) is 0 Å². The lowest BCUT2D eigenvalue weighted by atomic mass is 10.2. The molecule has 6 heteroatoms. The van der Waals surface area contributed by atoms with Crippen molar-refractivity contribution in [3.8, 4) is 0 Å². The molecule has 1 N–H and O–H groups in total. The number of ether oxygens (including phenoxy) is 1. The predicted octanol–water partition coefficient (Wildman–Crippen LogP) is 1.08. The van der Waals surface area contributed by atoms with E-state index in [9.17, 15) is 9.59 Å². The van der Waals surface area contributed by atoms with Crippen LogP contribution < -0.4 is 10.2 Å². The molecule has 22 heavy (non-hydrogen) atoms. The van der Waals surface area contributed by atoms with Crippen LogP contribution >= 0.6 is 0 Å². The highest BCUT2D eigenvalue weighted by Gasteiger charge is 2.27. The molecule has 1 atom stereocenters. The summed E-state index contributed by atoms with van der Waals surface area (Å²) in [4.78, 5) is 27.8. The molecule has 0 aliphatic carbocycles. The van der Waals surface area contributed by atoms with Gasteiger partial charge in [-0.25, -0.2) is 0 Å². The van der Waals surface area contributed by atoms with E-state index in [0.29, 0.717) is 5.69 Å². The third-order valence-corrected chi connectivity index (χ3v) is 4.02. The highest BCUT2D eigenvalue weighted by Crippen LogP contribution is 2.28. The number of hydrogen-bond acceptors (Lipinski definition) is 4. The zero-order valence-corrected chi connectivity index (χ0v) is 12.7. The van der Waals surface area contributed by atoms with Gasteiger partial charge in [0, 0.05) is 13.2 Å². The van der Waals surface area contributed by atoms with Crippen molar-refractivity contribution < 1.29 is 14.3 Å². The Hall–Kier alpha value is -1.92. The number of carbonyl (C=O) groups excluding carboxylic acids is 2. The van der Waals surface area contributed by atoms with Gasteiger partial charge in [0.25, 0.3) is 0 Å². The Bertz CT molecular complexity index is 570. The average Bonchev–Trinajstić information content (AvgIpc) is 2.98. The summed E-state index contributed by atoms with van der Waals surface area (Å²) in [5, 5.41) is 2.79. The lowest BCUT2D eigenvalue weighted by Gasteiger charge is -2.30. The van der Waals surface area contributed by atoms with E-state index in [1.165, 1.54) is 0 Å². The van der Waals surface area contributed by atoms with Crippen molar-refractivity contribution in [3.05, 3.63) is 24.3 Å². The molecule has 0 radical (unpaired) electrons. The van der Waals surface area contributed by atoms with Crippen LogP contribution in [0.2, 0.25) is 0 Å². The Kier molecular flexibility index (Phi) is 4.40. The topological polar surface area (TPSA) is 61.9 Å². The van der Waals surface area contributed by atoms with Crippen LogP contribution in [0.25, 0.3) is 0 Å². The minimum absolute atomic E-state index is 0.0669. The fourth-order valence-electron chi connectivity index (χ4n) is 2.97. The Balaban J connectivity index is 1.65. The Morgan fingerprint density at radius 3 is 3.05 bits per heavy atom. The van der Waals surface area contributed by atoms with Crippen molar-refractivity contribution in [1.82, 2.24) is 4.90 Å². The van der Waals surface area contributed by atoms with Crippen molar-refractivity contribution in [2.24, 2.45) is 0 Å². The Morgan fingerprint density at radius 1 is 1.45 bits per heavy atom. The Morgan fingerprint density at radius 2 is 2.27 bits per heavy atom. The van der Waals surface area contributed by atoms with Crippen LogP contribution in [0.5, 0.6) is 0 Å². The van der Waals surface area contributed by atoms with Crippen LogP contribution in [0.1, 0.15) is 12.8 Å². The van der Waals surface area contributed by atoms with Gasteiger partial charge in [0.05, 0.1) is 24.0 Å². The number of rotatable bonds is 4. The quantitative estimate of drug-likeness (QED) is 0.904. The number of benzene rings is 1. The lowest BCUT2D eigenvalue weighted by Crippen LogP contribution is -2.46. The molecule has 1 aromatic rings. The first-order valence-corrected chi connectivity index (χ1v) is 7.63. The van der Waals surface area contributed by atoms with Gasteiger partial charge in [0.2, 0.25) is 11.8 Å². The van der Waals surface area contributed by atoms with Gasteiger partial charge in [-0.1, -0.05) is 12.1 Å². The summed E-state index contributed by atoms with van der Waals surface area (Å²) < 4.78 is 5.59. The number of anilines is 2. The highest BCUT2D eigenvalue weighted by atomic mass is 16.5. The first-order valence-electron chi connectivity index (χ1n) is 7.63. The minimum Gasteiger partial charge on any atom is -0.377 e. The smallest absolute Gasteiger partial charge is 0.244 e.